The van der Waals surface area contributed by atoms with E-state index in [1.165, 1.54) is 0 Å². The average Bonchev–Trinajstić information content (AvgIpc) is 2.73. The Bertz CT molecular complexity index is 568. The smallest absolute Gasteiger partial charge is 0.325 e. The number of nitrogens with one attached hydrogen (secondary N) is 1. The van der Waals surface area contributed by atoms with Gasteiger partial charge in [0.05, 0.1) is 12.6 Å². The number of hydrogen-bond acceptors (Lipinski definition) is 3. The Morgan fingerprint density at radius 1 is 1.17 bits per heavy atom. The van der Waals surface area contributed by atoms with Crippen LogP contribution >= 0.6 is 11.6 Å². The van der Waals surface area contributed by atoms with E-state index in [1.54, 1.807) is 24.3 Å². The lowest BCUT2D eigenvalue weighted by atomic mass is 9.88. The number of carbonyl (C=O) groups excluding carboxylic acids is 2. The highest BCUT2D eigenvalue weighted by molar-refractivity contribution is 6.30. The third-order valence-corrected chi connectivity index (χ3v) is 4.46. The molecule has 6 heteroatoms. The molecule has 0 radical (unpaired) electrons. The van der Waals surface area contributed by atoms with Crippen LogP contribution in [0.4, 0.5) is 4.79 Å². The van der Waals surface area contributed by atoms with Crippen LogP contribution in [0, 0.1) is 0 Å². The van der Waals surface area contributed by atoms with Gasteiger partial charge in [0.15, 0.2) is 0 Å². The van der Waals surface area contributed by atoms with Gasteiger partial charge < -0.3 is 10.4 Å². The number of amides is 3. The van der Waals surface area contributed by atoms with Gasteiger partial charge in [0.1, 0.15) is 5.54 Å². The molecule has 2 rings (SSSR count). The third-order valence-electron chi connectivity index (χ3n) is 4.21. The van der Waals surface area contributed by atoms with E-state index in [4.69, 9.17) is 11.6 Å². The molecule has 23 heavy (non-hydrogen) atoms. The summed E-state index contributed by atoms with van der Waals surface area (Å²) in [4.78, 5) is 26.1. The minimum atomic E-state index is -0.930. The molecule has 1 aliphatic heterocycles. The molecule has 1 aromatic carbocycles. The molecule has 1 fully saturated rings. The van der Waals surface area contributed by atoms with Gasteiger partial charge in [0.2, 0.25) is 0 Å². The lowest BCUT2D eigenvalue weighted by Crippen LogP contribution is -2.47. The van der Waals surface area contributed by atoms with Crippen molar-refractivity contribution in [2.24, 2.45) is 0 Å². The number of aliphatic hydroxyl groups excluding tert-OH is 1. The van der Waals surface area contributed by atoms with Gasteiger partial charge in [-0.2, -0.15) is 0 Å². The Labute approximate surface area is 141 Å². The SMILES string of the molecule is CCCC1(CCC)NC(=O)N(C[C@H](O)c2ccc(Cl)cc2)C1=O. The van der Waals surface area contributed by atoms with Crippen molar-refractivity contribution in [3.63, 3.8) is 0 Å². The summed E-state index contributed by atoms with van der Waals surface area (Å²) >= 11 is 5.83. The number of rotatable bonds is 7. The first-order valence-electron chi connectivity index (χ1n) is 8.01. The standard InChI is InChI=1S/C17H23ClN2O3/c1-3-9-17(10-4-2)15(22)20(16(23)19-17)11-14(21)12-5-7-13(18)8-6-12/h5-8,14,21H,3-4,9-11H2,1-2H3,(H,19,23)/t14-/m0/s1. The minimum absolute atomic E-state index is 0.0541. The van der Waals surface area contributed by atoms with Gasteiger partial charge in [0.25, 0.3) is 5.91 Å². The quantitative estimate of drug-likeness (QED) is 0.750. The molecular weight excluding hydrogens is 316 g/mol. The number of β-amino-alcohol motifs (C(OH)–C–C–N with tert-alkyl or cyclic N) is 1. The maximum Gasteiger partial charge on any atom is 0.325 e. The maximum absolute atomic E-state index is 12.7. The zero-order valence-electron chi connectivity index (χ0n) is 13.5. The summed E-state index contributed by atoms with van der Waals surface area (Å²) in [6.45, 7) is 3.92. The Hall–Kier alpha value is -1.59. The van der Waals surface area contributed by atoms with Crippen LogP contribution in [0.25, 0.3) is 0 Å². The van der Waals surface area contributed by atoms with Crippen LogP contribution in [0.1, 0.15) is 51.2 Å². The zero-order valence-corrected chi connectivity index (χ0v) is 14.3. The maximum atomic E-state index is 12.7. The number of carbonyl (C=O) groups is 2. The van der Waals surface area contributed by atoms with Gasteiger partial charge in [0, 0.05) is 5.02 Å². The van der Waals surface area contributed by atoms with Crippen molar-refractivity contribution in [2.45, 2.75) is 51.2 Å². The molecule has 0 aromatic heterocycles. The molecule has 0 unspecified atom stereocenters. The van der Waals surface area contributed by atoms with Gasteiger partial charge >= 0.3 is 6.03 Å². The number of aliphatic hydroxyl groups is 1. The second-order valence-corrected chi connectivity index (χ2v) is 6.43. The van der Waals surface area contributed by atoms with Crippen LogP contribution in [0.5, 0.6) is 0 Å². The van der Waals surface area contributed by atoms with Crippen LogP contribution in [0.2, 0.25) is 5.02 Å². The Morgan fingerprint density at radius 3 is 2.26 bits per heavy atom. The Balaban J connectivity index is 2.14. The van der Waals surface area contributed by atoms with Gasteiger partial charge in [-0.15, -0.1) is 0 Å². The number of halogens is 1. The van der Waals surface area contributed by atoms with E-state index in [2.05, 4.69) is 5.32 Å². The van der Waals surface area contributed by atoms with E-state index >= 15 is 0 Å². The summed E-state index contributed by atoms with van der Waals surface area (Å²) in [7, 11) is 0. The highest BCUT2D eigenvalue weighted by Gasteiger charge is 2.50. The first-order valence-corrected chi connectivity index (χ1v) is 8.39. The van der Waals surface area contributed by atoms with E-state index < -0.39 is 17.7 Å². The molecule has 1 aliphatic rings. The summed E-state index contributed by atoms with van der Waals surface area (Å²) in [5, 5.41) is 13.7. The predicted octanol–water partition coefficient (Wildman–Crippen LogP) is 3.26. The zero-order chi connectivity index (χ0) is 17.0. The van der Waals surface area contributed by atoms with Crippen molar-refractivity contribution >= 4 is 23.5 Å². The molecule has 1 saturated heterocycles. The van der Waals surface area contributed by atoms with Crippen LogP contribution in [0.3, 0.4) is 0 Å². The first kappa shape index (κ1) is 17.8. The van der Waals surface area contributed by atoms with Crippen molar-refractivity contribution in [3.8, 4) is 0 Å². The van der Waals surface area contributed by atoms with E-state index in [0.717, 1.165) is 17.7 Å². The normalized spacial score (nSPS) is 18.2. The summed E-state index contributed by atoms with van der Waals surface area (Å²) in [6.07, 6.45) is 1.90. The van der Waals surface area contributed by atoms with Crippen molar-refractivity contribution in [1.82, 2.24) is 10.2 Å². The molecule has 1 aromatic rings. The topological polar surface area (TPSA) is 69.6 Å². The van der Waals surface area contributed by atoms with Gasteiger partial charge in [-0.1, -0.05) is 50.4 Å². The van der Waals surface area contributed by atoms with E-state index in [0.29, 0.717) is 23.4 Å². The number of nitrogens with zero attached hydrogens (tertiary/aromatic N) is 1. The lowest BCUT2D eigenvalue weighted by Gasteiger charge is -2.26. The van der Waals surface area contributed by atoms with Crippen LogP contribution in [0.15, 0.2) is 24.3 Å². The molecule has 1 heterocycles. The molecule has 126 valence electrons. The lowest BCUT2D eigenvalue weighted by molar-refractivity contribution is -0.132. The summed E-state index contributed by atoms with van der Waals surface area (Å²) in [5.74, 6) is -0.237. The molecule has 0 aliphatic carbocycles. The Morgan fingerprint density at radius 2 is 1.74 bits per heavy atom. The number of benzene rings is 1. The summed E-state index contributed by atoms with van der Waals surface area (Å²) in [6, 6.07) is 6.30. The molecule has 0 spiro atoms. The van der Waals surface area contributed by atoms with Crippen LogP contribution in [-0.4, -0.2) is 34.0 Å². The summed E-state index contributed by atoms with van der Waals surface area (Å²) in [5.41, 5.74) is -0.196. The summed E-state index contributed by atoms with van der Waals surface area (Å²) < 4.78 is 0. The van der Waals surface area contributed by atoms with E-state index in [9.17, 15) is 14.7 Å². The minimum Gasteiger partial charge on any atom is -0.387 e. The molecular formula is C17H23ClN2O3. The second-order valence-electron chi connectivity index (χ2n) is 6.00. The van der Waals surface area contributed by atoms with Gasteiger partial charge in [-0.05, 0) is 30.5 Å². The molecule has 0 saturated carbocycles. The fourth-order valence-corrected chi connectivity index (χ4v) is 3.25. The monoisotopic (exact) mass is 338 g/mol. The molecule has 2 N–H and O–H groups in total. The molecule has 3 amide bonds. The van der Waals surface area contributed by atoms with Crippen molar-refractivity contribution in [1.29, 1.82) is 0 Å². The highest BCUT2D eigenvalue weighted by Crippen LogP contribution is 2.29. The van der Waals surface area contributed by atoms with Crippen molar-refractivity contribution < 1.29 is 14.7 Å². The third kappa shape index (κ3) is 3.67. The largest absolute Gasteiger partial charge is 0.387 e. The van der Waals surface area contributed by atoms with Crippen molar-refractivity contribution in [2.75, 3.05) is 6.54 Å². The number of urea groups is 1. The van der Waals surface area contributed by atoms with Gasteiger partial charge in [-0.25, -0.2) is 4.79 Å². The van der Waals surface area contributed by atoms with E-state index in [1.807, 2.05) is 13.8 Å². The van der Waals surface area contributed by atoms with Crippen LogP contribution in [-0.2, 0) is 4.79 Å². The fourth-order valence-electron chi connectivity index (χ4n) is 3.12. The first-order chi connectivity index (χ1) is 10.9. The van der Waals surface area contributed by atoms with Crippen molar-refractivity contribution in [3.05, 3.63) is 34.9 Å². The van der Waals surface area contributed by atoms with Crippen LogP contribution < -0.4 is 5.32 Å². The average molecular weight is 339 g/mol. The highest BCUT2D eigenvalue weighted by atomic mass is 35.5. The molecule has 1 atom stereocenters. The number of imide groups is 1. The predicted molar refractivity (Wildman–Crippen MR) is 89.2 cm³/mol. The fraction of sp³-hybridized carbons (Fsp3) is 0.529. The second kappa shape index (κ2) is 7.32. The molecule has 5 nitrogen and oxygen atoms in total. The molecule has 0 bridgehead atoms. The number of hydrogen-bond donors (Lipinski definition) is 2. The van der Waals surface area contributed by atoms with Gasteiger partial charge in [-0.3, -0.25) is 9.69 Å². The van der Waals surface area contributed by atoms with E-state index in [-0.39, 0.29) is 12.5 Å². The Kier molecular flexibility index (Phi) is 5.65.